The standard InChI is InChI=1S/C13H17ClN2O3/c1-16-7-2-3-9(16)6-8-19-12-10(13(17)18)4-5-11(14)15-12/h4-5,9H,2-3,6-8H2,1H3,(H,17,18). The topological polar surface area (TPSA) is 62.7 Å². The number of hydrogen-bond acceptors (Lipinski definition) is 4. The third-order valence-corrected chi connectivity index (χ3v) is 3.63. The van der Waals surface area contributed by atoms with Crippen molar-refractivity contribution in [2.75, 3.05) is 20.2 Å². The molecule has 0 amide bonds. The van der Waals surface area contributed by atoms with Crippen LogP contribution < -0.4 is 4.74 Å². The molecule has 1 atom stereocenters. The van der Waals surface area contributed by atoms with Crippen molar-refractivity contribution in [3.8, 4) is 5.88 Å². The molecule has 0 aromatic carbocycles. The van der Waals surface area contributed by atoms with E-state index in [-0.39, 0.29) is 16.6 Å². The van der Waals surface area contributed by atoms with E-state index in [4.69, 9.17) is 21.4 Å². The molecule has 0 spiro atoms. The summed E-state index contributed by atoms with van der Waals surface area (Å²) in [5, 5.41) is 9.27. The van der Waals surface area contributed by atoms with Crippen molar-refractivity contribution in [3.63, 3.8) is 0 Å². The molecule has 19 heavy (non-hydrogen) atoms. The molecule has 1 aromatic rings. The number of pyridine rings is 1. The maximum atomic E-state index is 11.0. The Bertz CT molecular complexity index is 467. The van der Waals surface area contributed by atoms with Crippen LogP contribution in [0.3, 0.4) is 0 Å². The predicted molar refractivity (Wildman–Crippen MR) is 72.0 cm³/mol. The first-order valence-electron chi connectivity index (χ1n) is 6.31. The van der Waals surface area contributed by atoms with Crippen LogP contribution in [0.15, 0.2) is 12.1 Å². The van der Waals surface area contributed by atoms with Crippen molar-refractivity contribution in [1.82, 2.24) is 9.88 Å². The minimum atomic E-state index is -1.06. The Morgan fingerprint density at radius 2 is 2.42 bits per heavy atom. The number of aromatic nitrogens is 1. The van der Waals surface area contributed by atoms with Crippen molar-refractivity contribution < 1.29 is 14.6 Å². The van der Waals surface area contributed by atoms with Crippen LogP contribution in [0.2, 0.25) is 5.15 Å². The Labute approximate surface area is 117 Å². The van der Waals surface area contributed by atoms with E-state index >= 15 is 0 Å². The second-order valence-corrected chi connectivity index (χ2v) is 5.09. The number of carboxylic acids is 1. The normalized spacial score (nSPS) is 19.6. The number of rotatable bonds is 5. The minimum Gasteiger partial charge on any atom is -0.477 e. The average molecular weight is 285 g/mol. The van der Waals surface area contributed by atoms with Gasteiger partial charge in [-0.3, -0.25) is 0 Å². The van der Waals surface area contributed by atoms with Crippen LogP contribution in [-0.2, 0) is 0 Å². The zero-order valence-corrected chi connectivity index (χ0v) is 11.6. The average Bonchev–Trinajstić information content (AvgIpc) is 2.75. The fourth-order valence-corrected chi connectivity index (χ4v) is 2.47. The fraction of sp³-hybridized carbons (Fsp3) is 0.538. The van der Waals surface area contributed by atoms with Crippen molar-refractivity contribution >= 4 is 17.6 Å². The van der Waals surface area contributed by atoms with Crippen LogP contribution in [0, 0.1) is 0 Å². The van der Waals surface area contributed by atoms with Crippen LogP contribution in [-0.4, -0.2) is 47.2 Å². The maximum absolute atomic E-state index is 11.0. The van der Waals surface area contributed by atoms with E-state index in [1.807, 2.05) is 0 Å². The Kier molecular flexibility index (Phi) is 4.61. The molecule has 1 fully saturated rings. The molecular formula is C13H17ClN2O3. The number of likely N-dealkylation sites (tertiary alicyclic amines) is 1. The molecule has 2 heterocycles. The van der Waals surface area contributed by atoms with Gasteiger partial charge in [0.25, 0.3) is 0 Å². The molecule has 104 valence electrons. The van der Waals surface area contributed by atoms with Gasteiger partial charge in [0, 0.05) is 6.04 Å². The number of aromatic carboxylic acids is 1. The van der Waals surface area contributed by atoms with Gasteiger partial charge < -0.3 is 14.7 Å². The lowest BCUT2D eigenvalue weighted by atomic mass is 10.1. The Hall–Kier alpha value is -1.33. The molecule has 1 saturated heterocycles. The van der Waals surface area contributed by atoms with E-state index < -0.39 is 5.97 Å². The van der Waals surface area contributed by atoms with Crippen molar-refractivity contribution in [3.05, 3.63) is 22.8 Å². The highest BCUT2D eigenvalue weighted by molar-refractivity contribution is 6.29. The van der Waals surface area contributed by atoms with Gasteiger partial charge in [0.05, 0.1) is 6.61 Å². The number of halogens is 1. The highest BCUT2D eigenvalue weighted by atomic mass is 35.5. The van der Waals surface area contributed by atoms with Gasteiger partial charge in [-0.2, -0.15) is 0 Å². The van der Waals surface area contributed by atoms with Crippen LogP contribution in [0.1, 0.15) is 29.6 Å². The third-order valence-electron chi connectivity index (χ3n) is 3.42. The first-order chi connectivity index (χ1) is 9.08. The summed E-state index contributed by atoms with van der Waals surface area (Å²) >= 11 is 5.76. The summed E-state index contributed by atoms with van der Waals surface area (Å²) < 4.78 is 5.49. The maximum Gasteiger partial charge on any atom is 0.341 e. The van der Waals surface area contributed by atoms with Crippen molar-refractivity contribution in [2.24, 2.45) is 0 Å². The Morgan fingerprint density at radius 3 is 3.05 bits per heavy atom. The number of carbonyl (C=O) groups is 1. The minimum absolute atomic E-state index is 0.0455. The molecule has 0 bridgehead atoms. The number of hydrogen-bond donors (Lipinski definition) is 1. The van der Waals surface area contributed by atoms with Gasteiger partial charge in [-0.25, -0.2) is 9.78 Å². The molecule has 1 N–H and O–H groups in total. The first kappa shape index (κ1) is 14.1. The van der Waals surface area contributed by atoms with Gasteiger partial charge in [0.2, 0.25) is 5.88 Å². The lowest BCUT2D eigenvalue weighted by molar-refractivity contribution is 0.0690. The molecule has 5 nitrogen and oxygen atoms in total. The van der Waals surface area contributed by atoms with Gasteiger partial charge in [-0.15, -0.1) is 0 Å². The molecule has 0 radical (unpaired) electrons. The molecule has 2 rings (SSSR count). The van der Waals surface area contributed by atoms with Gasteiger partial charge in [0.15, 0.2) is 0 Å². The number of carboxylic acid groups (broad SMARTS) is 1. The van der Waals surface area contributed by atoms with Crippen LogP contribution in [0.5, 0.6) is 5.88 Å². The van der Waals surface area contributed by atoms with E-state index in [1.54, 1.807) is 0 Å². The third kappa shape index (κ3) is 3.58. The van der Waals surface area contributed by atoms with E-state index in [9.17, 15) is 4.79 Å². The second kappa shape index (κ2) is 6.21. The van der Waals surface area contributed by atoms with Crippen LogP contribution >= 0.6 is 11.6 Å². The molecular weight excluding hydrogens is 268 g/mol. The quantitative estimate of drug-likeness (QED) is 0.841. The zero-order chi connectivity index (χ0) is 13.8. The summed E-state index contributed by atoms with van der Waals surface area (Å²) in [4.78, 5) is 17.3. The van der Waals surface area contributed by atoms with E-state index in [1.165, 1.54) is 18.6 Å². The first-order valence-corrected chi connectivity index (χ1v) is 6.68. The fourth-order valence-electron chi connectivity index (χ4n) is 2.33. The molecule has 1 aliphatic rings. The lowest BCUT2D eigenvalue weighted by Crippen LogP contribution is -2.26. The largest absolute Gasteiger partial charge is 0.477 e. The summed E-state index contributed by atoms with van der Waals surface area (Å²) in [7, 11) is 2.10. The molecule has 1 unspecified atom stereocenters. The molecule has 0 saturated carbocycles. The monoisotopic (exact) mass is 284 g/mol. The highest BCUT2D eigenvalue weighted by Gasteiger charge is 2.21. The summed E-state index contributed by atoms with van der Waals surface area (Å²) in [5.74, 6) is -0.960. The van der Waals surface area contributed by atoms with Crippen LogP contribution in [0.4, 0.5) is 0 Å². The SMILES string of the molecule is CN1CCCC1CCOc1nc(Cl)ccc1C(=O)O. The molecule has 0 aliphatic carbocycles. The highest BCUT2D eigenvalue weighted by Crippen LogP contribution is 2.21. The molecule has 6 heteroatoms. The summed E-state index contributed by atoms with van der Waals surface area (Å²) in [5.41, 5.74) is 0.0455. The zero-order valence-electron chi connectivity index (χ0n) is 10.8. The van der Waals surface area contributed by atoms with Crippen molar-refractivity contribution in [1.29, 1.82) is 0 Å². The summed E-state index contributed by atoms with van der Waals surface area (Å²) in [6.45, 7) is 1.56. The summed E-state index contributed by atoms with van der Waals surface area (Å²) in [6.07, 6.45) is 3.23. The number of nitrogens with zero attached hydrogens (tertiary/aromatic N) is 2. The number of ether oxygens (including phenoxy) is 1. The van der Waals surface area contributed by atoms with Gasteiger partial charge in [0.1, 0.15) is 10.7 Å². The second-order valence-electron chi connectivity index (χ2n) is 4.71. The summed E-state index contributed by atoms with van der Waals surface area (Å²) in [6, 6.07) is 3.37. The van der Waals surface area contributed by atoms with E-state index in [2.05, 4.69) is 16.9 Å². The van der Waals surface area contributed by atoms with Crippen molar-refractivity contribution in [2.45, 2.75) is 25.3 Å². The molecule has 1 aliphatic heterocycles. The van der Waals surface area contributed by atoms with E-state index in [0.717, 1.165) is 19.4 Å². The lowest BCUT2D eigenvalue weighted by Gasteiger charge is -2.19. The smallest absolute Gasteiger partial charge is 0.341 e. The van der Waals surface area contributed by atoms with E-state index in [0.29, 0.717) is 12.6 Å². The predicted octanol–water partition coefficient (Wildman–Crippen LogP) is 2.30. The Morgan fingerprint density at radius 1 is 1.63 bits per heavy atom. The van der Waals surface area contributed by atoms with Gasteiger partial charge >= 0.3 is 5.97 Å². The molecule has 1 aromatic heterocycles. The Balaban J connectivity index is 1.95. The van der Waals surface area contributed by atoms with Gasteiger partial charge in [-0.05, 0) is 45.0 Å². The van der Waals surface area contributed by atoms with Gasteiger partial charge in [-0.1, -0.05) is 11.6 Å². The van der Waals surface area contributed by atoms with Crippen LogP contribution in [0.25, 0.3) is 0 Å².